The third-order valence-electron chi connectivity index (χ3n) is 2.66. The average molecular weight is 269 g/mol. The normalized spacial score (nSPS) is 10.5. The Hall–Kier alpha value is -1.79. The van der Waals surface area contributed by atoms with Crippen LogP contribution in [0, 0.1) is 0 Å². The van der Waals surface area contributed by atoms with E-state index in [9.17, 15) is 4.79 Å². The van der Waals surface area contributed by atoms with Crippen LogP contribution in [-0.2, 0) is 11.3 Å². The molecule has 1 aromatic carbocycles. The van der Waals surface area contributed by atoms with Gasteiger partial charge in [0.05, 0.1) is 27.4 Å². The SMILES string of the molecule is COc1ccc(CN(CCO)CC(=O)O)c(OC)c1. The number of benzene rings is 1. The Morgan fingerprint density at radius 3 is 2.58 bits per heavy atom. The molecule has 0 bridgehead atoms. The van der Waals surface area contributed by atoms with Crippen LogP contribution in [0.2, 0.25) is 0 Å². The molecule has 0 aliphatic heterocycles. The van der Waals surface area contributed by atoms with Gasteiger partial charge in [0.15, 0.2) is 0 Å². The van der Waals surface area contributed by atoms with Gasteiger partial charge in [-0.3, -0.25) is 9.69 Å². The number of hydrogen-bond donors (Lipinski definition) is 2. The van der Waals surface area contributed by atoms with Gasteiger partial charge in [0.25, 0.3) is 0 Å². The summed E-state index contributed by atoms with van der Waals surface area (Å²) in [4.78, 5) is 12.4. The maximum absolute atomic E-state index is 10.8. The molecule has 0 spiro atoms. The average Bonchev–Trinajstić information content (AvgIpc) is 2.38. The van der Waals surface area contributed by atoms with Gasteiger partial charge in [0, 0.05) is 24.7 Å². The number of ether oxygens (including phenoxy) is 2. The molecule has 0 aliphatic carbocycles. The summed E-state index contributed by atoms with van der Waals surface area (Å²) in [5.41, 5.74) is 0.845. The van der Waals surface area contributed by atoms with Crippen molar-refractivity contribution in [3.8, 4) is 11.5 Å². The van der Waals surface area contributed by atoms with E-state index < -0.39 is 5.97 Å². The lowest BCUT2D eigenvalue weighted by molar-refractivity contribution is -0.138. The Balaban J connectivity index is 2.85. The molecule has 19 heavy (non-hydrogen) atoms. The summed E-state index contributed by atoms with van der Waals surface area (Å²) >= 11 is 0. The minimum atomic E-state index is -0.930. The molecule has 6 heteroatoms. The lowest BCUT2D eigenvalue weighted by atomic mass is 10.1. The molecule has 6 nitrogen and oxygen atoms in total. The molecule has 1 aromatic rings. The smallest absolute Gasteiger partial charge is 0.317 e. The quantitative estimate of drug-likeness (QED) is 0.719. The number of aliphatic carboxylic acids is 1. The van der Waals surface area contributed by atoms with Crippen LogP contribution in [-0.4, -0.2) is 55.0 Å². The molecule has 1 rings (SSSR count). The lowest BCUT2D eigenvalue weighted by Crippen LogP contribution is -2.32. The molecule has 0 radical (unpaired) electrons. The first-order valence-electron chi connectivity index (χ1n) is 5.86. The lowest BCUT2D eigenvalue weighted by Gasteiger charge is -2.20. The van der Waals surface area contributed by atoms with E-state index in [1.165, 1.54) is 0 Å². The van der Waals surface area contributed by atoms with Crippen LogP contribution < -0.4 is 9.47 Å². The molecular weight excluding hydrogens is 250 g/mol. The summed E-state index contributed by atoms with van der Waals surface area (Å²) in [6.45, 7) is 0.461. The number of rotatable bonds is 8. The molecule has 0 unspecified atom stereocenters. The van der Waals surface area contributed by atoms with Gasteiger partial charge in [-0.1, -0.05) is 6.07 Å². The zero-order chi connectivity index (χ0) is 14.3. The Bertz CT molecular complexity index is 421. The van der Waals surface area contributed by atoms with Crippen molar-refractivity contribution >= 4 is 5.97 Å². The summed E-state index contributed by atoms with van der Waals surface area (Å²) in [5, 5.41) is 17.8. The standard InChI is InChI=1S/C13H19NO5/c1-18-11-4-3-10(12(7-11)19-2)8-14(5-6-15)9-13(16)17/h3-4,7,15H,5-6,8-9H2,1-2H3,(H,16,17). The topological polar surface area (TPSA) is 79.2 Å². The Kier molecular flexibility index (Phi) is 6.11. The van der Waals surface area contributed by atoms with E-state index >= 15 is 0 Å². The minimum Gasteiger partial charge on any atom is -0.497 e. The second-order valence-electron chi connectivity index (χ2n) is 4.01. The summed E-state index contributed by atoms with van der Waals surface area (Å²) in [7, 11) is 3.11. The van der Waals surface area contributed by atoms with Crippen LogP contribution in [0.1, 0.15) is 5.56 Å². The third-order valence-corrected chi connectivity index (χ3v) is 2.66. The highest BCUT2D eigenvalue weighted by atomic mass is 16.5. The molecule has 0 heterocycles. The van der Waals surface area contributed by atoms with E-state index in [0.717, 1.165) is 5.56 Å². The predicted molar refractivity (Wildman–Crippen MR) is 69.5 cm³/mol. The summed E-state index contributed by atoms with van der Waals surface area (Å²) in [6, 6.07) is 5.35. The molecule has 0 saturated heterocycles. The van der Waals surface area contributed by atoms with Gasteiger partial charge < -0.3 is 19.7 Å². The van der Waals surface area contributed by atoms with E-state index in [2.05, 4.69) is 0 Å². The van der Waals surface area contributed by atoms with Crippen LogP contribution in [0.25, 0.3) is 0 Å². The van der Waals surface area contributed by atoms with Gasteiger partial charge in [-0.05, 0) is 6.07 Å². The van der Waals surface area contributed by atoms with Crippen molar-refractivity contribution in [2.45, 2.75) is 6.54 Å². The van der Waals surface area contributed by atoms with Crippen molar-refractivity contribution < 1.29 is 24.5 Å². The summed E-state index contributed by atoms with van der Waals surface area (Å²) in [5.74, 6) is 0.376. The van der Waals surface area contributed by atoms with Crippen LogP contribution in [0.4, 0.5) is 0 Å². The summed E-state index contributed by atoms with van der Waals surface area (Å²) in [6.07, 6.45) is 0. The monoisotopic (exact) mass is 269 g/mol. The number of nitrogens with zero attached hydrogens (tertiary/aromatic N) is 1. The number of methoxy groups -OCH3 is 2. The first kappa shape index (κ1) is 15.3. The first-order valence-corrected chi connectivity index (χ1v) is 5.86. The molecule has 0 aromatic heterocycles. The van der Waals surface area contributed by atoms with Crippen molar-refractivity contribution in [2.24, 2.45) is 0 Å². The van der Waals surface area contributed by atoms with E-state index in [1.807, 2.05) is 6.07 Å². The second-order valence-corrected chi connectivity index (χ2v) is 4.01. The molecule has 106 valence electrons. The number of aliphatic hydroxyl groups excluding tert-OH is 1. The maximum Gasteiger partial charge on any atom is 0.317 e. The highest BCUT2D eigenvalue weighted by Gasteiger charge is 2.13. The summed E-state index contributed by atoms with van der Waals surface area (Å²) < 4.78 is 10.4. The first-order chi connectivity index (χ1) is 9.10. The van der Waals surface area contributed by atoms with E-state index in [-0.39, 0.29) is 13.2 Å². The molecule has 0 aliphatic rings. The zero-order valence-corrected chi connectivity index (χ0v) is 11.1. The van der Waals surface area contributed by atoms with Gasteiger partial charge in [-0.25, -0.2) is 0 Å². The Morgan fingerprint density at radius 1 is 1.32 bits per heavy atom. The number of hydrogen-bond acceptors (Lipinski definition) is 5. The highest BCUT2D eigenvalue weighted by molar-refractivity contribution is 5.69. The number of carboxylic acid groups (broad SMARTS) is 1. The number of carbonyl (C=O) groups is 1. The zero-order valence-electron chi connectivity index (χ0n) is 11.1. The van der Waals surface area contributed by atoms with Gasteiger partial charge in [-0.15, -0.1) is 0 Å². The number of aliphatic hydroxyl groups is 1. The minimum absolute atomic E-state index is 0.0915. The second kappa shape index (κ2) is 7.60. The molecule has 0 amide bonds. The van der Waals surface area contributed by atoms with Crippen molar-refractivity contribution in [3.63, 3.8) is 0 Å². The fraction of sp³-hybridized carbons (Fsp3) is 0.462. The van der Waals surface area contributed by atoms with Gasteiger partial charge in [0.2, 0.25) is 0 Å². The molecular formula is C13H19NO5. The number of carboxylic acids is 1. The van der Waals surface area contributed by atoms with Crippen LogP contribution in [0.3, 0.4) is 0 Å². The van der Waals surface area contributed by atoms with E-state index in [4.69, 9.17) is 19.7 Å². The van der Waals surface area contributed by atoms with Crippen molar-refractivity contribution in [1.82, 2.24) is 4.90 Å². The van der Waals surface area contributed by atoms with Gasteiger partial charge in [-0.2, -0.15) is 0 Å². The third kappa shape index (κ3) is 4.76. The molecule has 0 saturated carbocycles. The van der Waals surface area contributed by atoms with Crippen LogP contribution in [0.5, 0.6) is 11.5 Å². The van der Waals surface area contributed by atoms with E-state index in [0.29, 0.717) is 24.6 Å². The Morgan fingerprint density at radius 2 is 2.05 bits per heavy atom. The molecule has 0 fully saturated rings. The highest BCUT2D eigenvalue weighted by Crippen LogP contribution is 2.25. The fourth-order valence-corrected chi connectivity index (χ4v) is 1.77. The predicted octanol–water partition coefficient (Wildman–Crippen LogP) is 0.583. The van der Waals surface area contributed by atoms with Crippen LogP contribution in [0.15, 0.2) is 18.2 Å². The molecule has 0 atom stereocenters. The largest absolute Gasteiger partial charge is 0.497 e. The van der Waals surface area contributed by atoms with Crippen molar-refractivity contribution in [1.29, 1.82) is 0 Å². The van der Waals surface area contributed by atoms with Gasteiger partial charge in [0.1, 0.15) is 11.5 Å². The molecule has 2 N–H and O–H groups in total. The van der Waals surface area contributed by atoms with Crippen molar-refractivity contribution in [3.05, 3.63) is 23.8 Å². The Labute approximate surface area is 112 Å². The van der Waals surface area contributed by atoms with E-state index in [1.54, 1.807) is 31.3 Å². The van der Waals surface area contributed by atoms with Crippen molar-refractivity contribution in [2.75, 3.05) is 33.9 Å². The fourth-order valence-electron chi connectivity index (χ4n) is 1.77. The van der Waals surface area contributed by atoms with Gasteiger partial charge >= 0.3 is 5.97 Å². The maximum atomic E-state index is 10.8. The van der Waals surface area contributed by atoms with Crippen LogP contribution >= 0.6 is 0 Å².